The Morgan fingerprint density at radius 3 is 2.55 bits per heavy atom. The van der Waals surface area contributed by atoms with Gasteiger partial charge in [-0.15, -0.1) is 11.3 Å². The number of carbonyl (C=O) groups is 4. The Labute approximate surface area is 196 Å². The average molecular weight is 469 g/mol. The number of fused-ring (bicyclic) bond motifs is 1. The molecule has 0 radical (unpaired) electrons. The van der Waals surface area contributed by atoms with Crippen LogP contribution < -0.4 is 5.32 Å². The molecule has 3 heterocycles. The van der Waals surface area contributed by atoms with Crippen LogP contribution in [0.2, 0.25) is 0 Å². The normalized spacial score (nSPS) is 19.5. The van der Waals surface area contributed by atoms with E-state index in [0.717, 1.165) is 16.0 Å². The van der Waals surface area contributed by atoms with Gasteiger partial charge in [0.1, 0.15) is 12.1 Å². The number of amides is 3. The van der Waals surface area contributed by atoms with Gasteiger partial charge >= 0.3 is 0 Å². The lowest BCUT2D eigenvalue weighted by molar-refractivity contribution is -0.137. The summed E-state index contributed by atoms with van der Waals surface area (Å²) in [5.74, 6) is -1.24. The summed E-state index contributed by atoms with van der Waals surface area (Å²) in [7, 11) is 0. The van der Waals surface area contributed by atoms with Crippen LogP contribution in [0.15, 0.2) is 29.6 Å². The first-order valence-electron chi connectivity index (χ1n) is 11.1. The third kappa shape index (κ3) is 4.63. The molecule has 0 bridgehead atoms. The number of thiophene rings is 1. The van der Waals surface area contributed by atoms with Gasteiger partial charge in [-0.3, -0.25) is 24.5 Å². The zero-order valence-electron chi connectivity index (χ0n) is 19.0. The number of benzene rings is 1. The van der Waals surface area contributed by atoms with E-state index in [2.05, 4.69) is 26.1 Å². The van der Waals surface area contributed by atoms with Crippen LogP contribution in [0.3, 0.4) is 0 Å². The van der Waals surface area contributed by atoms with Crippen molar-refractivity contribution in [2.45, 2.75) is 70.6 Å². The first-order chi connectivity index (χ1) is 15.6. The van der Waals surface area contributed by atoms with Gasteiger partial charge in [0.15, 0.2) is 5.78 Å². The molecule has 4 rings (SSSR count). The number of nitrogens with one attached hydrogen (secondary N) is 1. The average Bonchev–Trinajstić information content (AvgIpc) is 3.31. The fourth-order valence-electron chi connectivity index (χ4n) is 4.34. The van der Waals surface area contributed by atoms with Crippen LogP contribution in [-0.4, -0.2) is 39.6 Å². The smallest absolute Gasteiger partial charge is 0.256 e. The standard InChI is InChI=1S/C25H28N2O5S/c1-25(2,3)15-6-4-14(5-7-15)22(30)19(28)9-10-20-16-12-27(24(32)17(16)13-33-20)18-8-11-21(29)26-23(18)31/h4-7,13,18,22,30H,8-12H2,1-3H3,(H,26,29,31). The monoisotopic (exact) mass is 468 g/mol. The fraction of sp³-hybridized carbons (Fsp3) is 0.440. The summed E-state index contributed by atoms with van der Waals surface area (Å²) in [6.07, 6.45) is -0.0800. The number of imide groups is 1. The van der Waals surface area contributed by atoms with Gasteiger partial charge in [-0.05, 0) is 34.9 Å². The highest BCUT2D eigenvalue weighted by atomic mass is 32.1. The predicted octanol–water partition coefficient (Wildman–Crippen LogP) is 3.04. The molecule has 2 aliphatic rings. The maximum Gasteiger partial charge on any atom is 0.256 e. The van der Waals surface area contributed by atoms with Gasteiger partial charge in [0.05, 0.1) is 5.56 Å². The van der Waals surface area contributed by atoms with E-state index in [-0.39, 0.29) is 35.9 Å². The Bertz CT molecular complexity index is 1110. The number of hydrogen-bond acceptors (Lipinski definition) is 6. The van der Waals surface area contributed by atoms with Gasteiger partial charge in [0, 0.05) is 29.6 Å². The second-order valence-corrected chi connectivity index (χ2v) is 10.7. The largest absolute Gasteiger partial charge is 0.381 e. The maximum absolute atomic E-state index is 12.8. The Kier molecular flexibility index (Phi) is 6.24. The van der Waals surface area contributed by atoms with Crippen molar-refractivity contribution in [1.82, 2.24) is 10.2 Å². The summed E-state index contributed by atoms with van der Waals surface area (Å²) in [4.78, 5) is 51.5. The second kappa shape index (κ2) is 8.83. The van der Waals surface area contributed by atoms with Gasteiger partial charge in [0.25, 0.3) is 5.91 Å². The zero-order valence-corrected chi connectivity index (χ0v) is 19.8. The highest BCUT2D eigenvalue weighted by Gasteiger charge is 2.40. The molecular weight excluding hydrogens is 440 g/mol. The van der Waals surface area contributed by atoms with Gasteiger partial charge in [-0.2, -0.15) is 0 Å². The third-order valence-electron chi connectivity index (χ3n) is 6.38. The number of aliphatic hydroxyl groups is 1. The topological polar surface area (TPSA) is 104 Å². The molecule has 1 aromatic heterocycles. The van der Waals surface area contributed by atoms with Crippen LogP contribution in [0.4, 0.5) is 0 Å². The van der Waals surface area contributed by atoms with Crippen molar-refractivity contribution < 1.29 is 24.3 Å². The number of aliphatic hydroxyl groups excluding tert-OH is 1. The molecule has 7 nitrogen and oxygen atoms in total. The Hall–Kier alpha value is -2.84. The van der Waals surface area contributed by atoms with Gasteiger partial charge in [-0.25, -0.2) is 0 Å². The number of aryl methyl sites for hydroxylation is 1. The Morgan fingerprint density at radius 2 is 1.91 bits per heavy atom. The van der Waals surface area contributed by atoms with Crippen molar-refractivity contribution in [2.24, 2.45) is 0 Å². The van der Waals surface area contributed by atoms with Crippen LogP contribution in [-0.2, 0) is 32.8 Å². The van der Waals surface area contributed by atoms with E-state index in [0.29, 0.717) is 30.5 Å². The molecule has 2 aliphatic heterocycles. The number of hydrogen-bond donors (Lipinski definition) is 2. The van der Waals surface area contributed by atoms with Crippen LogP contribution in [0.25, 0.3) is 0 Å². The molecule has 2 atom stereocenters. The molecule has 1 fully saturated rings. The number of piperidine rings is 1. The minimum Gasteiger partial charge on any atom is -0.381 e. The van der Waals surface area contributed by atoms with E-state index in [1.54, 1.807) is 17.5 Å². The number of ketones is 1. The molecule has 1 saturated heterocycles. The van der Waals surface area contributed by atoms with Crippen molar-refractivity contribution in [3.05, 3.63) is 56.8 Å². The molecule has 2 unspecified atom stereocenters. The Morgan fingerprint density at radius 1 is 1.21 bits per heavy atom. The highest BCUT2D eigenvalue weighted by Crippen LogP contribution is 2.35. The summed E-state index contributed by atoms with van der Waals surface area (Å²) >= 11 is 1.42. The van der Waals surface area contributed by atoms with Crippen LogP contribution in [0.5, 0.6) is 0 Å². The Balaban J connectivity index is 1.40. The van der Waals surface area contributed by atoms with E-state index in [4.69, 9.17) is 0 Å². The lowest BCUT2D eigenvalue weighted by atomic mass is 9.86. The van der Waals surface area contributed by atoms with Gasteiger partial charge in [0.2, 0.25) is 11.8 Å². The number of nitrogens with zero attached hydrogens (tertiary/aromatic N) is 1. The molecule has 2 N–H and O–H groups in total. The van der Waals surface area contributed by atoms with Crippen LogP contribution >= 0.6 is 11.3 Å². The third-order valence-corrected chi connectivity index (χ3v) is 7.47. The summed E-state index contributed by atoms with van der Waals surface area (Å²) in [5.41, 5.74) is 3.09. The number of rotatable bonds is 6. The molecule has 8 heteroatoms. The van der Waals surface area contributed by atoms with E-state index >= 15 is 0 Å². The molecule has 33 heavy (non-hydrogen) atoms. The second-order valence-electron chi connectivity index (χ2n) is 9.69. The maximum atomic E-state index is 12.8. The van der Waals surface area contributed by atoms with E-state index in [9.17, 15) is 24.3 Å². The van der Waals surface area contributed by atoms with Crippen molar-refractivity contribution >= 4 is 34.8 Å². The SMILES string of the molecule is CC(C)(C)c1ccc(C(O)C(=O)CCc2scc3c2CN(C2CCC(=O)NC2=O)C3=O)cc1. The molecule has 0 saturated carbocycles. The molecule has 0 spiro atoms. The van der Waals surface area contributed by atoms with Crippen molar-refractivity contribution in [3.8, 4) is 0 Å². The van der Waals surface area contributed by atoms with Crippen molar-refractivity contribution in [3.63, 3.8) is 0 Å². The highest BCUT2D eigenvalue weighted by molar-refractivity contribution is 7.10. The molecule has 3 amide bonds. The molecule has 2 aromatic rings. The molecular formula is C25H28N2O5S. The van der Waals surface area contributed by atoms with Crippen molar-refractivity contribution in [2.75, 3.05) is 0 Å². The van der Waals surface area contributed by atoms with E-state index < -0.39 is 18.1 Å². The molecule has 174 valence electrons. The van der Waals surface area contributed by atoms with E-state index in [1.165, 1.54) is 16.2 Å². The van der Waals surface area contributed by atoms with Gasteiger partial charge < -0.3 is 10.0 Å². The fourth-order valence-corrected chi connectivity index (χ4v) is 5.38. The minimum absolute atomic E-state index is 0.00775. The van der Waals surface area contributed by atoms with Crippen LogP contribution in [0, 0.1) is 0 Å². The first kappa shape index (κ1) is 23.3. The van der Waals surface area contributed by atoms with Crippen molar-refractivity contribution in [1.29, 1.82) is 0 Å². The lowest BCUT2D eigenvalue weighted by Crippen LogP contribution is -2.52. The number of carbonyl (C=O) groups excluding carboxylic acids is 4. The minimum atomic E-state index is -1.19. The summed E-state index contributed by atoms with van der Waals surface area (Å²) in [6.45, 7) is 6.61. The quantitative estimate of drug-likeness (QED) is 0.634. The molecule has 0 aliphatic carbocycles. The predicted molar refractivity (Wildman–Crippen MR) is 124 cm³/mol. The summed E-state index contributed by atoms with van der Waals surface area (Å²) in [5, 5.41) is 14.6. The first-order valence-corrected chi connectivity index (χ1v) is 12.0. The zero-order chi connectivity index (χ0) is 23.9. The molecule has 1 aromatic carbocycles. The van der Waals surface area contributed by atoms with Crippen LogP contribution in [0.1, 0.15) is 78.1 Å². The summed E-state index contributed by atoms with van der Waals surface area (Å²) in [6, 6.07) is 6.81. The van der Waals surface area contributed by atoms with Gasteiger partial charge in [-0.1, -0.05) is 45.0 Å². The van der Waals surface area contributed by atoms with E-state index in [1.807, 2.05) is 12.1 Å². The summed E-state index contributed by atoms with van der Waals surface area (Å²) < 4.78 is 0. The number of Topliss-reactive ketones (excluding diaryl/α,β-unsaturated/α-hetero) is 1. The lowest BCUT2D eigenvalue weighted by Gasteiger charge is -2.29.